The van der Waals surface area contributed by atoms with Crippen molar-refractivity contribution in [2.24, 2.45) is 0 Å². The molecule has 0 fully saturated rings. The van der Waals surface area contributed by atoms with Crippen LogP contribution in [0.1, 0.15) is 28.0 Å². The van der Waals surface area contributed by atoms with Gasteiger partial charge in [-0.25, -0.2) is 0 Å². The van der Waals surface area contributed by atoms with Crippen LogP contribution < -0.4 is 5.32 Å². The number of ether oxygens (including phenoxy) is 1. The summed E-state index contributed by atoms with van der Waals surface area (Å²) in [4.78, 5) is 27.7. The summed E-state index contributed by atoms with van der Waals surface area (Å²) in [5.41, 5.74) is -0.215. The van der Waals surface area contributed by atoms with E-state index in [9.17, 15) is 22.8 Å². The van der Waals surface area contributed by atoms with E-state index in [1.807, 2.05) is 36.4 Å². The van der Waals surface area contributed by atoms with Crippen molar-refractivity contribution in [3.63, 3.8) is 0 Å². The number of rotatable bonds is 8. The van der Waals surface area contributed by atoms with Crippen LogP contribution in [0, 0.1) is 0 Å². The van der Waals surface area contributed by atoms with E-state index in [0.29, 0.717) is 11.1 Å². The van der Waals surface area contributed by atoms with Crippen LogP contribution in [0.3, 0.4) is 0 Å². The Labute approximate surface area is 226 Å². The molecule has 4 aromatic rings. The smallest absolute Gasteiger partial charge is 0.416 e. The van der Waals surface area contributed by atoms with Crippen molar-refractivity contribution in [1.29, 1.82) is 0 Å². The Bertz CT molecular complexity index is 1390. The predicted molar refractivity (Wildman–Crippen MR) is 142 cm³/mol. The molecule has 1 amide bonds. The number of hydrogen-bond acceptors (Lipinski definition) is 4. The first-order valence-electron chi connectivity index (χ1n) is 11.4. The molecule has 0 aliphatic heterocycles. The lowest BCUT2D eigenvalue weighted by Gasteiger charge is -2.22. The molecule has 2 unspecified atom stereocenters. The Kier molecular flexibility index (Phi) is 8.76. The second kappa shape index (κ2) is 12.2. The molecule has 0 bridgehead atoms. The molecule has 194 valence electrons. The van der Waals surface area contributed by atoms with E-state index in [1.165, 1.54) is 11.8 Å². The second-order valence-electron chi connectivity index (χ2n) is 8.13. The van der Waals surface area contributed by atoms with E-state index >= 15 is 0 Å². The summed E-state index contributed by atoms with van der Waals surface area (Å²) in [5, 5.41) is 1.50. The SMILES string of the molecule is O=C(Nc1cc(C(F)(F)F)ccc1Cl)C(OC(=O)C(Sc1ccccc1)c1ccccc1)c1ccccc1. The highest BCUT2D eigenvalue weighted by molar-refractivity contribution is 8.00. The summed E-state index contributed by atoms with van der Waals surface area (Å²) >= 11 is 7.33. The first kappa shape index (κ1) is 27.3. The summed E-state index contributed by atoms with van der Waals surface area (Å²) < 4.78 is 45.5. The van der Waals surface area contributed by atoms with Gasteiger partial charge in [0.05, 0.1) is 16.3 Å². The number of esters is 1. The van der Waals surface area contributed by atoms with E-state index in [1.54, 1.807) is 54.6 Å². The molecular weight excluding hydrogens is 535 g/mol. The molecule has 4 aromatic carbocycles. The highest BCUT2D eigenvalue weighted by Gasteiger charge is 2.33. The summed E-state index contributed by atoms with van der Waals surface area (Å²) in [6.07, 6.45) is -6.08. The van der Waals surface area contributed by atoms with Gasteiger partial charge in [0.25, 0.3) is 5.91 Å². The van der Waals surface area contributed by atoms with Gasteiger partial charge >= 0.3 is 12.1 Å². The molecule has 0 saturated carbocycles. The van der Waals surface area contributed by atoms with Gasteiger partial charge in [-0.1, -0.05) is 90.5 Å². The van der Waals surface area contributed by atoms with Crippen molar-refractivity contribution in [2.75, 3.05) is 5.32 Å². The number of amides is 1. The number of benzene rings is 4. The second-order valence-corrected chi connectivity index (χ2v) is 9.72. The molecule has 1 N–H and O–H groups in total. The van der Waals surface area contributed by atoms with Crippen LogP contribution >= 0.6 is 23.4 Å². The third-order valence-electron chi connectivity index (χ3n) is 5.44. The number of alkyl halides is 3. The maximum Gasteiger partial charge on any atom is 0.416 e. The van der Waals surface area contributed by atoms with Crippen LogP contribution in [-0.4, -0.2) is 11.9 Å². The lowest BCUT2D eigenvalue weighted by atomic mass is 10.1. The van der Waals surface area contributed by atoms with Crippen molar-refractivity contribution in [1.82, 2.24) is 0 Å². The molecule has 0 spiro atoms. The molecule has 0 aromatic heterocycles. The maximum absolute atomic E-state index is 13.5. The van der Waals surface area contributed by atoms with Crippen molar-refractivity contribution in [3.05, 3.63) is 131 Å². The fraction of sp³-hybridized carbons (Fsp3) is 0.103. The molecular formula is C29H21ClF3NO3S. The number of hydrogen-bond donors (Lipinski definition) is 1. The van der Waals surface area contributed by atoms with E-state index in [4.69, 9.17) is 16.3 Å². The number of halogens is 4. The standard InChI is InChI=1S/C29H21ClF3NO3S/c30-23-17-16-21(29(31,32)33)18-24(23)34-27(35)25(19-10-4-1-5-11-19)37-28(36)26(20-12-6-2-7-13-20)38-22-14-8-3-9-15-22/h1-18,25-26H,(H,34,35). The minimum absolute atomic E-state index is 0.0914. The number of carbonyl (C=O) groups is 2. The molecule has 4 rings (SSSR count). The minimum atomic E-state index is -4.63. The Morgan fingerprint density at radius 1 is 0.789 bits per heavy atom. The molecule has 38 heavy (non-hydrogen) atoms. The van der Waals surface area contributed by atoms with Gasteiger partial charge < -0.3 is 10.1 Å². The Morgan fingerprint density at radius 2 is 1.34 bits per heavy atom. The van der Waals surface area contributed by atoms with Crippen LogP contribution in [0.2, 0.25) is 5.02 Å². The Morgan fingerprint density at radius 3 is 1.92 bits per heavy atom. The van der Waals surface area contributed by atoms with Gasteiger partial charge in [0.2, 0.25) is 6.10 Å². The topological polar surface area (TPSA) is 55.4 Å². The molecule has 0 aliphatic carbocycles. The predicted octanol–water partition coefficient (Wildman–Crippen LogP) is 8.12. The van der Waals surface area contributed by atoms with Crippen molar-refractivity contribution >= 4 is 40.9 Å². The average molecular weight is 556 g/mol. The zero-order chi connectivity index (χ0) is 27.1. The summed E-state index contributed by atoms with van der Waals surface area (Å²) in [6.45, 7) is 0. The van der Waals surface area contributed by atoms with Crippen LogP contribution in [-0.2, 0) is 20.5 Å². The van der Waals surface area contributed by atoms with Crippen molar-refractivity contribution in [2.45, 2.75) is 22.4 Å². The molecule has 2 atom stereocenters. The first-order chi connectivity index (χ1) is 18.2. The minimum Gasteiger partial charge on any atom is -0.446 e. The van der Waals surface area contributed by atoms with Gasteiger partial charge in [-0.15, -0.1) is 11.8 Å². The number of anilines is 1. The van der Waals surface area contributed by atoms with Gasteiger partial charge in [-0.05, 0) is 35.9 Å². The van der Waals surface area contributed by atoms with Crippen molar-refractivity contribution < 1.29 is 27.5 Å². The van der Waals surface area contributed by atoms with E-state index in [-0.39, 0.29) is 10.7 Å². The van der Waals surface area contributed by atoms with Crippen LogP contribution in [0.5, 0.6) is 0 Å². The lowest BCUT2D eigenvalue weighted by Crippen LogP contribution is -2.27. The number of nitrogens with one attached hydrogen (secondary N) is 1. The fourth-order valence-corrected chi connectivity index (χ4v) is 4.79. The summed E-state index contributed by atoms with van der Waals surface area (Å²) in [6, 6.07) is 29.0. The first-order valence-corrected chi connectivity index (χ1v) is 12.7. The molecule has 0 radical (unpaired) electrons. The van der Waals surface area contributed by atoms with Gasteiger partial charge in [-0.2, -0.15) is 13.2 Å². The molecule has 0 aliphatic rings. The van der Waals surface area contributed by atoms with Gasteiger partial charge in [0.1, 0.15) is 5.25 Å². The van der Waals surface area contributed by atoms with Gasteiger partial charge in [-0.3, -0.25) is 9.59 Å². The molecule has 0 heterocycles. The Hall–Kier alpha value is -3.75. The zero-order valence-corrected chi connectivity index (χ0v) is 21.3. The monoisotopic (exact) mass is 555 g/mol. The van der Waals surface area contributed by atoms with E-state index in [2.05, 4.69) is 5.32 Å². The molecule has 4 nitrogen and oxygen atoms in total. The average Bonchev–Trinajstić information content (AvgIpc) is 2.92. The summed E-state index contributed by atoms with van der Waals surface area (Å²) in [5.74, 6) is -1.54. The van der Waals surface area contributed by atoms with E-state index < -0.39 is 35.0 Å². The molecule has 0 saturated heterocycles. The quantitative estimate of drug-likeness (QED) is 0.176. The van der Waals surface area contributed by atoms with Gasteiger partial charge in [0, 0.05) is 10.5 Å². The largest absolute Gasteiger partial charge is 0.446 e. The maximum atomic E-state index is 13.5. The number of carbonyl (C=O) groups excluding carboxylic acids is 2. The number of thioether (sulfide) groups is 1. The molecule has 9 heteroatoms. The normalized spacial score (nSPS) is 12.8. The van der Waals surface area contributed by atoms with Crippen molar-refractivity contribution in [3.8, 4) is 0 Å². The van der Waals surface area contributed by atoms with E-state index in [0.717, 1.165) is 23.1 Å². The highest BCUT2D eigenvalue weighted by Crippen LogP contribution is 2.38. The highest BCUT2D eigenvalue weighted by atomic mass is 35.5. The van der Waals surface area contributed by atoms with Crippen LogP contribution in [0.25, 0.3) is 0 Å². The van der Waals surface area contributed by atoms with Crippen LogP contribution in [0.4, 0.5) is 18.9 Å². The zero-order valence-electron chi connectivity index (χ0n) is 19.7. The van der Waals surface area contributed by atoms with Crippen LogP contribution in [0.15, 0.2) is 114 Å². The fourth-order valence-electron chi connectivity index (χ4n) is 3.59. The van der Waals surface area contributed by atoms with Gasteiger partial charge in [0.15, 0.2) is 0 Å². The summed E-state index contributed by atoms with van der Waals surface area (Å²) in [7, 11) is 0. The Balaban J connectivity index is 1.64. The third-order valence-corrected chi connectivity index (χ3v) is 7.01. The third kappa shape index (κ3) is 6.96. The lowest BCUT2D eigenvalue weighted by molar-refractivity contribution is -0.154.